The summed E-state index contributed by atoms with van der Waals surface area (Å²) in [5, 5.41) is 0. The van der Waals surface area contributed by atoms with Gasteiger partial charge in [0.25, 0.3) is 0 Å². The minimum Gasteiger partial charge on any atom is -0.462 e. The zero-order valence-electron chi connectivity index (χ0n) is 45.7. The molecular weight excluding hydrogens is 877 g/mol. The summed E-state index contributed by atoms with van der Waals surface area (Å²) in [5.74, 6) is -0.967. The highest BCUT2D eigenvalue weighted by molar-refractivity contribution is 5.71. The summed E-state index contributed by atoms with van der Waals surface area (Å²) < 4.78 is 16.8. The molecule has 0 aromatic rings. The second-order valence-electron chi connectivity index (χ2n) is 18.6. The van der Waals surface area contributed by atoms with E-state index in [9.17, 15) is 14.4 Å². The Balaban J connectivity index is 4.50. The average Bonchev–Trinajstić information content (AvgIpc) is 3.37. The zero-order valence-corrected chi connectivity index (χ0v) is 45.7. The third-order valence-corrected chi connectivity index (χ3v) is 11.7. The molecule has 0 heterocycles. The van der Waals surface area contributed by atoms with Crippen LogP contribution in [0.3, 0.4) is 0 Å². The number of unbranched alkanes of at least 4 members (excludes halogenated alkanes) is 21. The Morgan fingerprint density at radius 3 is 1.06 bits per heavy atom. The Morgan fingerprint density at radius 2 is 0.620 bits per heavy atom. The van der Waals surface area contributed by atoms with Crippen molar-refractivity contribution in [2.45, 2.75) is 245 Å². The van der Waals surface area contributed by atoms with E-state index in [1.807, 2.05) is 18.2 Å². The van der Waals surface area contributed by atoms with Crippen molar-refractivity contribution in [1.82, 2.24) is 0 Å². The van der Waals surface area contributed by atoms with Gasteiger partial charge in [0, 0.05) is 19.3 Å². The van der Waals surface area contributed by atoms with Gasteiger partial charge in [-0.1, -0.05) is 244 Å². The van der Waals surface area contributed by atoms with Crippen molar-refractivity contribution in [3.63, 3.8) is 0 Å². The first-order valence-corrected chi connectivity index (χ1v) is 28.8. The van der Waals surface area contributed by atoms with E-state index in [2.05, 4.69) is 136 Å². The molecule has 0 aliphatic carbocycles. The van der Waals surface area contributed by atoms with Crippen LogP contribution in [-0.4, -0.2) is 37.2 Å². The van der Waals surface area contributed by atoms with Gasteiger partial charge < -0.3 is 14.2 Å². The summed E-state index contributed by atoms with van der Waals surface area (Å²) in [4.78, 5) is 38.2. The second kappa shape index (κ2) is 58.1. The molecule has 0 rings (SSSR count). The molecule has 1 unspecified atom stereocenters. The van der Waals surface area contributed by atoms with E-state index >= 15 is 0 Å². The van der Waals surface area contributed by atoms with Crippen LogP contribution in [0.25, 0.3) is 0 Å². The van der Waals surface area contributed by atoms with Crippen molar-refractivity contribution < 1.29 is 28.6 Å². The second-order valence-corrected chi connectivity index (χ2v) is 18.6. The molecule has 0 aliphatic rings. The first-order valence-electron chi connectivity index (χ1n) is 28.8. The first kappa shape index (κ1) is 66.6. The van der Waals surface area contributed by atoms with Crippen molar-refractivity contribution in [1.29, 1.82) is 0 Å². The van der Waals surface area contributed by atoms with Gasteiger partial charge in [0.1, 0.15) is 13.2 Å². The average molecular weight is 982 g/mol. The van der Waals surface area contributed by atoms with Crippen LogP contribution in [0.1, 0.15) is 239 Å². The van der Waals surface area contributed by atoms with Gasteiger partial charge in [0.2, 0.25) is 0 Å². The van der Waals surface area contributed by atoms with E-state index in [0.29, 0.717) is 19.3 Å². The van der Waals surface area contributed by atoms with Crippen molar-refractivity contribution in [3.8, 4) is 0 Å². The largest absolute Gasteiger partial charge is 0.462 e. The molecule has 71 heavy (non-hydrogen) atoms. The van der Waals surface area contributed by atoms with Crippen LogP contribution >= 0.6 is 0 Å². The lowest BCUT2D eigenvalue weighted by molar-refractivity contribution is -0.167. The Hall–Kier alpha value is -4.45. The van der Waals surface area contributed by atoms with Crippen LogP contribution in [0, 0.1) is 0 Å². The number of ether oxygens (including phenoxy) is 3. The summed E-state index contributed by atoms with van der Waals surface area (Å²) in [7, 11) is 0. The number of hydrogen-bond donors (Lipinski definition) is 0. The Kier molecular flexibility index (Phi) is 54.5. The molecule has 0 saturated heterocycles. The predicted octanol–water partition coefficient (Wildman–Crippen LogP) is 19.4. The third kappa shape index (κ3) is 56.3. The summed E-state index contributed by atoms with van der Waals surface area (Å²) in [6.07, 6.45) is 81.5. The van der Waals surface area contributed by atoms with Crippen LogP contribution in [0.5, 0.6) is 0 Å². The molecule has 6 nitrogen and oxygen atoms in total. The number of esters is 3. The van der Waals surface area contributed by atoms with Gasteiger partial charge in [0.15, 0.2) is 6.10 Å². The number of allylic oxidation sites excluding steroid dienone is 22. The monoisotopic (exact) mass is 981 g/mol. The molecular formula is C65H104O6. The van der Waals surface area contributed by atoms with Gasteiger partial charge in [-0.15, -0.1) is 0 Å². The molecule has 0 amide bonds. The molecule has 0 bridgehead atoms. The van der Waals surface area contributed by atoms with Crippen LogP contribution in [0.4, 0.5) is 0 Å². The van der Waals surface area contributed by atoms with Crippen molar-refractivity contribution in [3.05, 3.63) is 134 Å². The van der Waals surface area contributed by atoms with Gasteiger partial charge in [-0.3, -0.25) is 14.4 Å². The topological polar surface area (TPSA) is 78.9 Å². The maximum absolute atomic E-state index is 12.9. The number of carbonyl (C=O) groups is 3. The number of carbonyl (C=O) groups excluding carboxylic acids is 3. The molecule has 0 aromatic carbocycles. The SMILES string of the molecule is CC\C=C/C=C\C=C/C=C\CCCCCCCC(=O)OCC(COC(=O)CCCCC/C=C\C/C=C\C/C=C\C/C=C\C/C=C\CC)OC(=O)CCCCCCCCCCCC/C=C\C=C/CCCCC. The summed E-state index contributed by atoms with van der Waals surface area (Å²) in [6, 6.07) is 0. The van der Waals surface area contributed by atoms with Gasteiger partial charge >= 0.3 is 17.9 Å². The lowest BCUT2D eigenvalue weighted by Gasteiger charge is -2.18. The summed E-state index contributed by atoms with van der Waals surface area (Å²) in [6.45, 7) is 6.30. The highest BCUT2D eigenvalue weighted by atomic mass is 16.6. The molecule has 0 aliphatic heterocycles. The van der Waals surface area contributed by atoms with E-state index in [1.54, 1.807) is 0 Å². The van der Waals surface area contributed by atoms with Crippen molar-refractivity contribution in [2.24, 2.45) is 0 Å². The van der Waals surface area contributed by atoms with Gasteiger partial charge in [-0.25, -0.2) is 0 Å². The third-order valence-electron chi connectivity index (χ3n) is 11.7. The molecule has 0 spiro atoms. The number of rotatable bonds is 50. The fourth-order valence-electron chi connectivity index (χ4n) is 7.47. The van der Waals surface area contributed by atoms with Crippen LogP contribution in [-0.2, 0) is 28.6 Å². The smallest absolute Gasteiger partial charge is 0.306 e. The number of hydrogen-bond acceptors (Lipinski definition) is 6. The van der Waals surface area contributed by atoms with E-state index in [4.69, 9.17) is 14.2 Å². The van der Waals surface area contributed by atoms with E-state index in [1.165, 1.54) is 77.0 Å². The Labute approximate surface area is 436 Å². The van der Waals surface area contributed by atoms with Crippen LogP contribution in [0.2, 0.25) is 0 Å². The van der Waals surface area contributed by atoms with Crippen molar-refractivity contribution >= 4 is 17.9 Å². The van der Waals surface area contributed by atoms with Gasteiger partial charge in [0.05, 0.1) is 0 Å². The molecule has 0 fully saturated rings. The fraction of sp³-hybridized carbons (Fsp3) is 0.615. The molecule has 0 aromatic heterocycles. The molecule has 1 atom stereocenters. The predicted molar refractivity (Wildman–Crippen MR) is 306 cm³/mol. The highest BCUT2D eigenvalue weighted by Gasteiger charge is 2.19. The first-order chi connectivity index (χ1) is 35.0. The highest BCUT2D eigenvalue weighted by Crippen LogP contribution is 2.14. The molecule has 0 saturated carbocycles. The van der Waals surface area contributed by atoms with Crippen LogP contribution in [0.15, 0.2) is 134 Å². The maximum Gasteiger partial charge on any atom is 0.306 e. The van der Waals surface area contributed by atoms with Gasteiger partial charge in [-0.2, -0.15) is 0 Å². The van der Waals surface area contributed by atoms with E-state index in [0.717, 1.165) is 122 Å². The minimum atomic E-state index is -0.810. The lowest BCUT2D eigenvalue weighted by Crippen LogP contribution is -2.30. The standard InChI is InChI=1S/C65H104O6/c1-4-7-10-13-16-19-22-25-28-30-32-34-37-40-43-46-49-52-55-58-64(67)70-61-62(60-69-63(66)57-54-51-48-45-42-39-36-27-24-21-18-15-12-9-6-3)71-65(68)59-56-53-50-47-44-41-38-35-33-31-29-26-23-20-17-14-11-8-5-2/h7,9-10,12,15-21,23-28,32,34,36,40,43,62H,4-6,8,11,13-14,22,29-31,33,35,37-39,41-42,44-61H2,1-3H3/b10-7-,12-9-,18-15-,19-16-,20-17-,24-21-,26-23-,28-25-,34-32-,36-27-,43-40-. The normalized spacial score (nSPS) is 13.1. The molecule has 6 heteroatoms. The minimum absolute atomic E-state index is 0.107. The van der Waals surface area contributed by atoms with Crippen LogP contribution < -0.4 is 0 Å². The molecule has 0 N–H and O–H groups in total. The van der Waals surface area contributed by atoms with E-state index < -0.39 is 6.10 Å². The van der Waals surface area contributed by atoms with E-state index in [-0.39, 0.29) is 31.1 Å². The Bertz CT molecular complexity index is 1550. The summed E-state index contributed by atoms with van der Waals surface area (Å²) >= 11 is 0. The Morgan fingerprint density at radius 1 is 0.310 bits per heavy atom. The quantitative estimate of drug-likeness (QED) is 0.0199. The lowest BCUT2D eigenvalue weighted by atomic mass is 10.1. The fourth-order valence-corrected chi connectivity index (χ4v) is 7.47. The summed E-state index contributed by atoms with van der Waals surface area (Å²) in [5.41, 5.74) is 0. The maximum atomic E-state index is 12.9. The zero-order chi connectivity index (χ0) is 51.4. The molecule has 0 radical (unpaired) electrons. The van der Waals surface area contributed by atoms with Crippen molar-refractivity contribution in [2.75, 3.05) is 13.2 Å². The van der Waals surface area contributed by atoms with Gasteiger partial charge in [-0.05, 0) is 109 Å². The molecule has 400 valence electrons.